The van der Waals surface area contributed by atoms with Gasteiger partial charge in [0.2, 0.25) is 18.2 Å². The third-order valence-corrected chi connectivity index (χ3v) is 8.67. The summed E-state index contributed by atoms with van der Waals surface area (Å²) < 4.78 is 0. The molecular formula is C27H39ClN4O3S. The van der Waals surface area contributed by atoms with Crippen LogP contribution in [0.5, 0.6) is 0 Å². The van der Waals surface area contributed by atoms with Crippen LogP contribution in [0, 0.1) is 18.3 Å². The summed E-state index contributed by atoms with van der Waals surface area (Å²) in [5.41, 5.74) is 2.63. The molecule has 2 saturated heterocycles. The first-order chi connectivity index (χ1) is 17.2. The lowest BCUT2D eigenvalue weighted by Crippen LogP contribution is -2.52. The van der Waals surface area contributed by atoms with E-state index in [1.807, 2.05) is 34.9 Å². The Hall–Kier alpha value is -2.21. The van der Waals surface area contributed by atoms with Crippen molar-refractivity contribution >= 4 is 41.6 Å². The van der Waals surface area contributed by atoms with Crippen molar-refractivity contribution in [3.05, 3.63) is 34.3 Å². The van der Waals surface area contributed by atoms with Crippen LogP contribution in [0.15, 0.2) is 18.2 Å². The highest BCUT2D eigenvalue weighted by atomic mass is 35.5. The SMILES string of the molecule is C#C.CNCC(=O)NC1CCSC2CC(C)(C)C(C)N2C1=O.O=CNC1CCCc2cc(Cl)ccc21. The Kier molecular flexibility index (Phi) is 11.6. The van der Waals surface area contributed by atoms with Crippen LogP contribution in [0.2, 0.25) is 5.02 Å². The van der Waals surface area contributed by atoms with Gasteiger partial charge in [0.05, 0.1) is 18.0 Å². The molecule has 0 aromatic heterocycles. The van der Waals surface area contributed by atoms with Gasteiger partial charge in [-0.1, -0.05) is 31.5 Å². The summed E-state index contributed by atoms with van der Waals surface area (Å²) in [4.78, 5) is 36.9. The number of aryl methyl sites for hydroxylation is 1. The molecule has 4 rings (SSSR count). The second-order valence-corrected chi connectivity index (χ2v) is 11.7. The van der Waals surface area contributed by atoms with E-state index in [4.69, 9.17) is 11.6 Å². The molecule has 0 bridgehead atoms. The van der Waals surface area contributed by atoms with Gasteiger partial charge in [-0.2, -0.15) is 0 Å². The Labute approximate surface area is 224 Å². The number of carbonyl (C=O) groups is 3. The fourth-order valence-electron chi connectivity index (χ4n) is 5.02. The van der Waals surface area contributed by atoms with E-state index in [1.54, 1.807) is 7.05 Å². The lowest BCUT2D eigenvalue weighted by molar-refractivity contribution is -0.137. The number of hydrogen-bond acceptors (Lipinski definition) is 5. The van der Waals surface area contributed by atoms with Gasteiger partial charge in [-0.05, 0) is 80.5 Å². The third-order valence-electron chi connectivity index (χ3n) is 7.19. The molecule has 3 amide bonds. The maximum Gasteiger partial charge on any atom is 0.246 e. The first-order valence-electron chi connectivity index (χ1n) is 12.4. The van der Waals surface area contributed by atoms with Crippen molar-refractivity contribution in [1.82, 2.24) is 20.9 Å². The molecule has 2 heterocycles. The molecule has 1 aliphatic carbocycles. The number of fused-ring (bicyclic) bond motifs is 2. The second kappa shape index (κ2) is 13.9. The highest BCUT2D eigenvalue weighted by molar-refractivity contribution is 7.99. The van der Waals surface area contributed by atoms with E-state index in [2.05, 4.69) is 49.6 Å². The van der Waals surface area contributed by atoms with E-state index in [0.29, 0.717) is 0 Å². The molecule has 2 aliphatic heterocycles. The quantitative estimate of drug-likeness (QED) is 0.397. The third kappa shape index (κ3) is 7.41. The summed E-state index contributed by atoms with van der Waals surface area (Å²) in [6, 6.07) is 5.91. The molecule has 198 valence electrons. The van der Waals surface area contributed by atoms with Gasteiger partial charge in [0.25, 0.3) is 0 Å². The largest absolute Gasteiger partial charge is 0.352 e. The Bertz CT molecular complexity index is 939. The molecule has 0 radical (unpaired) electrons. The van der Waals surface area contributed by atoms with Gasteiger partial charge in [0.15, 0.2) is 0 Å². The van der Waals surface area contributed by atoms with Gasteiger partial charge in [-0.25, -0.2) is 0 Å². The minimum absolute atomic E-state index is 0.0857. The maximum absolute atomic E-state index is 12.7. The molecule has 3 aliphatic rings. The summed E-state index contributed by atoms with van der Waals surface area (Å²) >= 11 is 7.76. The fraction of sp³-hybridized carbons (Fsp3) is 0.593. The molecule has 0 spiro atoms. The van der Waals surface area contributed by atoms with E-state index in [9.17, 15) is 14.4 Å². The van der Waals surface area contributed by atoms with Gasteiger partial charge >= 0.3 is 0 Å². The lowest BCUT2D eigenvalue weighted by Gasteiger charge is -2.32. The molecule has 3 N–H and O–H groups in total. The zero-order chi connectivity index (χ0) is 26.9. The number of halogens is 1. The highest BCUT2D eigenvalue weighted by Gasteiger charge is 2.49. The van der Waals surface area contributed by atoms with Crippen molar-refractivity contribution in [3.8, 4) is 12.8 Å². The molecule has 7 nitrogen and oxygen atoms in total. The normalized spacial score (nSPS) is 26.0. The lowest BCUT2D eigenvalue weighted by atomic mass is 9.86. The summed E-state index contributed by atoms with van der Waals surface area (Å²) in [5, 5.41) is 9.55. The Balaban J connectivity index is 0.000000250. The summed E-state index contributed by atoms with van der Waals surface area (Å²) in [6.07, 6.45) is 13.7. The smallest absolute Gasteiger partial charge is 0.246 e. The number of nitrogens with one attached hydrogen (secondary N) is 3. The predicted molar refractivity (Wildman–Crippen MR) is 148 cm³/mol. The number of carbonyl (C=O) groups excluding carboxylic acids is 3. The zero-order valence-electron chi connectivity index (χ0n) is 21.7. The van der Waals surface area contributed by atoms with Crippen LogP contribution in [-0.2, 0) is 20.8 Å². The van der Waals surface area contributed by atoms with Crippen molar-refractivity contribution in [1.29, 1.82) is 0 Å². The zero-order valence-corrected chi connectivity index (χ0v) is 23.3. The van der Waals surface area contributed by atoms with Crippen molar-refractivity contribution in [2.75, 3.05) is 19.3 Å². The minimum Gasteiger partial charge on any atom is -0.352 e. The predicted octanol–water partition coefficient (Wildman–Crippen LogP) is 3.51. The monoisotopic (exact) mass is 534 g/mol. The van der Waals surface area contributed by atoms with Crippen LogP contribution >= 0.6 is 23.4 Å². The number of rotatable bonds is 5. The van der Waals surface area contributed by atoms with Crippen LogP contribution in [-0.4, -0.2) is 59.9 Å². The van der Waals surface area contributed by atoms with Crippen molar-refractivity contribution in [2.24, 2.45) is 5.41 Å². The molecule has 1 aromatic carbocycles. The number of terminal acetylenes is 1. The molecule has 9 heteroatoms. The van der Waals surface area contributed by atoms with Crippen molar-refractivity contribution in [2.45, 2.75) is 76.4 Å². The topological polar surface area (TPSA) is 90.5 Å². The number of benzene rings is 1. The average Bonchev–Trinajstić information content (AvgIpc) is 2.97. The first kappa shape index (κ1) is 30.0. The van der Waals surface area contributed by atoms with Gasteiger partial charge in [-0.3, -0.25) is 14.4 Å². The van der Waals surface area contributed by atoms with Crippen LogP contribution < -0.4 is 16.0 Å². The first-order valence-corrected chi connectivity index (χ1v) is 13.8. The number of nitrogens with zero attached hydrogens (tertiary/aromatic N) is 1. The maximum atomic E-state index is 12.7. The van der Waals surface area contributed by atoms with Gasteiger partial charge < -0.3 is 20.9 Å². The molecular weight excluding hydrogens is 496 g/mol. The van der Waals surface area contributed by atoms with E-state index in [-0.39, 0.29) is 47.3 Å². The second-order valence-electron chi connectivity index (χ2n) is 9.95. The molecule has 2 fully saturated rings. The molecule has 0 saturated carbocycles. The minimum atomic E-state index is -0.371. The summed E-state index contributed by atoms with van der Waals surface area (Å²) in [7, 11) is 1.73. The molecule has 4 unspecified atom stereocenters. The van der Waals surface area contributed by atoms with Crippen LogP contribution in [0.1, 0.15) is 63.6 Å². The average molecular weight is 535 g/mol. The van der Waals surface area contributed by atoms with Gasteiger partial charge in [0.1, 0.15) is 6.04 Å². The van der Waals surface area contributed by atoms with Gasteiger partial charge in [0, 0.05) is 11.1 Å². The number of amides is 3. The molecule has 4 atom stereocenters. The Morgan fingerprint density at radius 2 is 2.00 bits per heavy atom. The van der Waals surface area contributed by atoms with Crippen LogP contribution in [0.25, 0.3) is 0 Å². The number of hydrogen-bond donors (Lipinski definition) is 3. The van der Waals surface area contributed by atoms with E-state index in [1.165, 1.54) is 11.1 Å². The Morgan fingerprint density at radius 3 is 2.67 bits per heavy atom. The van der Waals surface area contributed by atoms with Crippen LogP contribution in [0.3, 0.4) is 0 Å². The molecule has 36 heavy (non-hydrogen) atoms. The van der Waals surface area contributed by atoms with Crippen LogP contribution in [0.4, 0.5) is 0 Å². The van der Waals surface area contributed by atoms with Crippen molar-refractivity contribution in [3.63, 3.8) is 0 Å². The summed E-state index contributed by atoms with van der Waals surface area (Å²) in [5.74, 6) is 0.892. The van der Waals surface area contributed by atoms with Crippen molar-refractivity contribution < 1.29 is 14.4 Å². The number of likely N-dealkylation sites (N-methyl/N-ethyl adjacent to an activating group) is 1. The fourth-order valence-corrected chi connectivity index (χ4v) is 6.85. The van der Waals surface area contributed by atoms with Gasteiger partial charge in [-0.15, -0.1) is 24.6 Å². The molecule has 1 aromatic rings. The standard InChI is InChI=1S/C14H25N3O2S.C11H12ClNO.C2H2/c1-9-14(2,3)7-12-17(9)13(19)10(5-6-20-12)16-11(18)8-15-4;12-9-4-5-10-8(6-9)2-1-3-11(10)13-7-14;1-2/h9-10,12,15H,5-8H2,1-4H3,(H,16,18);4-7,11H,1-3H2,(H,13,14);1-2H. The highest BCUT2D eigenvalue weighted by Crippen LogP contribution is 2.45. The van der Waals surface area contributed by atoms with E-state index >= 15 is 0 Å². The van der Waals surface area contributed by atoms with E-state index in [0.717, 1.165) is 49.3 Å². The Morgan fingerprint density at radius 1 is 1.28 bits per heavy atom. The van der Waals surface area contributed by atoms with E-state index < -0.39 is 0 Å². The summed E-state index contributed by atoms with van der Waals surface area (Å²) in [6.45, 7) is 6.81. The number of thioether (sulfide) groups is 1.